The molecule has 0 aliphatic rings. The molecule has 3 aromatic rings. The average molecular weight is 308 g/mol. The highest BCUT2D eigenvalue weighted by Crippen LogP contribution is 2.30. The lowest BCUT2D eigenvalue weighted by Crippen LogP contribution is -1.88. The van der Waals surface area contributed by atoms with Gasteiger partial charge in [-0.15, -0.1) is 0 Å². The van der Waals surface area contributed by atoms with Gasteiger partial charge in [0, 0.05) is 18.2 Å². The summed E-state index contributed by atoms with van der Waals surface area (Å²) in [4.78, 5) is 0. The SMILES string of the molecule is COc1cccc(Oc2cccc(Oc3cccc(O)c3)c2)c1. The van der Waals surface area contributed by atoms with Gasteiger partial charge in [0.05, 0.1) is 7.11 Å². The van der Waals surface area contributed by atoms with Crippen LogP contribution in [0.1, 0.15) is 0 Å². The van der Waals surface area contributed by atoms with E-state index in [2.05, 4.69) is 0 Å². The van der Waals surface area contributed by atoms with E-state index in [1.165, 1.54) is 0 Å². The van der Waals surface area contributed by atoms with E-state index in [0.29, 0.717) is 23.0 Å². The molecule has 0 fully saturated rings. The van der Waals surface area contributed by atoms with Gasteiger partial charge in [-0.05, 0) is 36.4 Å². The van der Waals surface area contributed by atoms with E-state index in [-0.39, 0.29) is 5.75 Å². The van der Waals surface area contributed by atoms with Crippen molar-refractivity contribution >= 4 is 0 Å². The van der Waals surface area contributed by atoms with Crippen LogP contribution in [0.5, 0.6) is 34.5 Å². The van der Waals surface area contributed by atoms with Gasteiger partial charge in [-0.2, -0.15) is 0 Å². The van der Waals surface area contributed by atoms with Crippen LogP contribution in [0.3, 0.4) is 0 Å². The zero-order valence-electron chi connectivity index (χ0n) is 12.6. The van der Waals surface area contributed by atoms with Crippen molar-refractivity contribution in [2.75, 3.05) is 7.11 Å². The summed E-state index contributed by atoms with van der Waals surface area (Å²) in [6.07, 6.45) is 0. The van der Waals surface area contributed by atoms with Crippen LogP contribution in [0, 0.1) is 0 Å². The maximum Gasteiger partial charge on any atom is 0.131 e. The molecular formula is C19H16O4. The highest BCUT2D eigenvalue weighted by molar-refractivity contribution is 5.42. The average Bonchev–Trinajstić information content (AvgIpc) is 2.55. The normalized spacial score (nSPS) is 10.1. The molecule has 0 bridgehead atoms. The summed E-state index contributed by atoms with van der Waals surface area (Å²) in [5.74, 6) is 3.40. The predicted octanol–water partition coefficient (Wildman–Crippen LogP) is 4.99. The monoisotopic (exact) mass is 308 g/mol. The molecule has 0 aliphatic carbocycles. The first kappa shape index (κ1) is 14.8. The number of hydrogen-bond acceptors (Lipinski definition) is 4. The Morgan fingerprint density at radius 2 is 1.04 bits per heavy atom. The van der Waals surface area contributed by atoms with Gasteiger partial charge in [0.25, 0.3) is 0 Å². The van der Waals surface area contributed by atoms with E-state index in [1.807, 2.05) is 42.5 Å². The largest absolute Gasteiger partial charge is 0.508 e. The molecule has 0 aliphatic heterocycles. The molecule has 0 saturated heterocycles. The second-order valence-corrected chi connectivity index (χ2v) is 4.86. The molecule has 0 saturated carbocycles. The fourth-order valence-corrected chi connectivity index (χ4v) is 2.09. The minimum absolute atomic E-state index is 0.159. The lowest BCUT2D eigenvalue weighted by Gasteiger charge is -2.10. The van der Waals surface area contributed by atoms with Crippen molar-refractivity contribution in [3.8, 4) is 34.5 Å². The summed E-state index contributed by atoms with van der Waals surface area (Å²) in [5.41, 5.74) is 0. The summed E-state index contributed by atoms with van der Waals surface area (Å²) < 4.78 is 16.7. The number of phenols is 1. The van der Waals surface area contributed by atoms with Crippen molar-refractivity contribution in [3.63, 3.8) is 0 Å². The molecule has 0 heterocycles. The molecular weight excluding hydrogens is 292 g/mol. The van der Waals surface area contributed by atoms with Crippen molar-refractivity contribution in [1.29, 1.82) is 0 Å². The molecule has 1 N–H and O–H groups in total. The maximum atomic E-state index is 9.47. The Hall–Kier alpha value is -3.14. The minimum atomic E-state index is 0.159. The maximum absolute atomic E-state index is 9.47. The molecule has 0 spiro atoms. The van der Waals surface area contributed by atoms with E-state index in [0.717, 1.165) is 5.75 Å². The van der Waals surface area contributed by atoms with Gasteiger partial charge in [-0.3, -0.25) is 0 Å². The lowest BCUT2D eigenvalue weighted by molar-refractivity contribution is 0.408. The number of rotatable bonds is 5. The molecule has 23 heavy (non-hydrogen) atoms. The molecule has 0 amide bonds. The first-order valence-electron chi connectivity index (χ1n) is 7.12. The molecule has 3 rings (SSSR count). The van der Waals surface area contributed by atoms with Gasteiger partial charge in [-0.25, -0.2) is 0 Å². The Balaban J connectivity index is 1.76. The molecule has 4 nitrogen and oxygen atoms in total. The van der Waals surface area contributed by atoms with E-state index < -0.39 is 0 Å². The van der Waals surface area contributed by atoms with Crippen LogP contribution < -0.4 is 14.2 Å². The van der Waals surface area contributed by atoms with Crippen LogP contribution in [0.15, 0.2) is 72.8 Å². The van der Waals surface area contributed by atoms with E-state index in [4.69, 9.17) is 14.2 Å². The number of ether oxygens (including phenoxy) is 3. The van der Waals surface area contributed by atoms with Crippen molar-refractivity contribution in [3.05, 3.63) is 72.8 Å². The summed E-state index contributed by atoms with van der Waals surface area (Å²) >= 11 is 0. The number of aromatic hydroxyl groups is 1. The number of hydrogen-bond donors (Lipinski definition) is 1. The van der Waals surface area contributed by atoms with Gasteiger partial charge < -0.3 is 19.3 Å². The van der Waals surface area contributed by atoms with Crippen LogP contribution in [-0.2, 0) is 0 Å². The first-order chi connectivity index (χ1) is 11.2. The third-order valence-corrected chi connectivity index (χ3v) is 3.14. The van der Waals surface area contributed by atoms with Gasteiger partial charge >= 0.3 is 0 Å². The number of benzene rings is 3. The van der Waals surface area contributed by atoms with Crippen molar-refractivity contribution in [2.24, 2.45) is 0 Å². The molecule has 116 valence electrons. The standard InChI is InChI=1S/C19H16O4/c1-21-15-6-3-8-17(12-15)23-19-10-4-9-18(13-19)22-16-7-2-5-14(20)11-16/h2-13,20H,1H3. The lowest BCUT2D eigenvalue weighted by atomic mass is 10.3. The summed E-state index contributed by atoms with van der Waals surface area (Å²) in [6, 6.07) is 21.3. The van der Waals surface area contributed by atoms with Gasteiger partial charge in [-0.1, -0.05) is 18.2 Å². The summed E-state index contributed by atoms with van der Waals surface area (Å²) in [6.45, 7) is 0. The Labute approximate surface area is 134 Å². The Morgan fingerprint density at radius 1 is 0.609 bits per heavy atom. The third-order valence-electron chi connectivity index (χ3n) is 3.14. The number of methoxy groups -OCH3 is 1. The minimum Gasteiger partial charge on any atom is -0.508 e. The first-order valence-corrected chi connectivity index (χ1v) is 7.12. The zero-order valence-corrected chi connectivity index (χ0v) is 12.6. The fourth-order valence-electron chi connectivity index (χ4n) is 2.09. The smallest absolute Gasteiger partial charge is 0.131 e. The second kappa shape index (κ2) is 6.75. The van der Waals surface area contributed by atoms with Crippen LogP contribution >= 0.6 is 0 Å². The van der Waals surface area contributed by atoms with E-state index in [9.17, 15) is 5.11 Å². The topological polar surface area (TPSA) is 47.9 Å². The van der Waals surface area contributed by atoms with Crippen LogP contribution in [0.2, 0.25) is 0 Å². The van der Waals surface area contributed by atoms with Crippen molar-refractivity contribution < 1.29 is 19.3 Å². The highest BCUT2D eigenvalue weighted by atomic mass is 16.5. The highest BCUT2D eigenvalue weighted by Gasteiger charge is 2.03. The number of phenolic OH excluding ortho intramolecular Hbond substituents is 1. The van der Waals surface area contributed by atoms with Crippen molar-refractivity contribution in [1.82, 2.24) is 0 Å². The Kier molecular flexibility index (Phi) is 4.34. The molecule has 0 unspecified atom stereocenters. The van der Waals surface area contributed by atoms with Crippen molar-refractivity contribution in [2.45, 2.75) is 0 Å². The fraction of sp³-hybridized carbons (Fsp3) is 0.0526. The Morgan fingerprint density at radius 3 is 1.57 bits per heavy atom. The molecule has 0 atom stereocenters. The molecule has 4 heteroatoms. The zero-order chi connectivity index (χ0) is 16.1. The van der Waals surface area contributed by atoms with Gasteiger partial charge in [0.2, 0.25) is 0 Å². The van der Waals surface area contributed by atoms with Crippen LogP contribution in [0.25, 0.3) is 0 Å². The van der Waals surface area contributed by atoms with Gasteiger partial charge in [0.15, 0.2) is 0 Å². The molecule has 3 aromatic carbocycles. The predicted molar refractivity (Wildman–Crippen MR) is 87.7 cm³/mol. The van der Waals surface area contributed by atoms with E-state index >= 15 is 0 Å². The third kappa shape index (κ3) is 3.95. The van der Waals surface area contributed by atoms with Crippen LogP contribution in [0.4, 0.5) is 0 Å². The molecule has 0 radical (unpaired) electrons. The van der Waals surface area contributed by atoms with E-state index in [1.54, 1.807) is 37.4 Å². The summed E-state index contributed by atoms with van der Waals surface area (Å²) in [7, 11) is 1.61. The van der Waals surface area contributed by atoms with Gasteiger partial charge in [0.1, 0.15) is 34.5 Å². The summed E-state index contributed by atoms with van der Waals surface area (Å²) in [5, 5.41) is 9.47. The quantitative estimate of drug-likeness (QED) is 0.721. The Bertz CT molecular complexity index is 799. The second-order valence-electron chi connectivity index (χ2n) is 4.86. The molecule has 0 aromatic heterocycles. The van der Waals surface area contributed by atoms with Crippen LogP contribution in [-0.4, -0.2) is 12.2 Å².